The Balaban J connectivity index is 1.53. The first kappa shape index (κ1) is 25.1. The van der Waals surface area contributed by atoms with Gasteiger partial charge in [0.25, 0.3) is 0 Å². The minimum atomic E-state index is -1.16. The minimum Gasteiger partial charge on any atom is -0.385 e. The molecule has 1 aliphatic carbocycles. The van der Waals surface area contributed by atoms with Gasteiger partial charge in [-0.05, 0) is 30.4 Å². The number of ether oxygens (including phenoxy) is 1. The number of rotatable bonds is 10. The van der Waals surface area contributed by atoms with Crippen LogP contribution in [0.15, 0.2) is 60.7 Å². The molecule has 0 unspecified atom stereocenters. The van der Waals surface area contributed by atoms with Crippen molar-refractivity contribution in [3.63, 3.8) is 0 Å². The number of carbonyl (C=O) groups is 3. The zero-order chi connectivity index (χ0) is 24.7. The maximum atomic E-state index is 13.6. The Kier molecular flexibility index (Phi) is 8.01. The highest BCUT2D eigenvalue weighted by Gasteiger charge is 2.53. The zero-order valence-electron chi connectivity index (χ0n) is 20.6. The van der Waals surface area contributed by atoms with E-state index in [0.717, 1.165) is 31.2 Å². The van der Waals surface area contributed by atoms with Gasteiger partial charge in [-0.25, -0.2) is 0 Å². The highest BCUT2D eigenvalue weighted by molar-refractivity contribution is 6.10. The molecule has 186 valence electrons. The lowest BCUT2D eigenvalue weighted by molar-refractivity contribution is -0.141. The SMILES string of the molecule is COCCCN1C(=O)C[C@@](CC(=O)NCC2(c3ccccc3)CCCCC2)(c2ccccc2)C1=O. The Labute approximate surface area is 208 Å². The number of benzene rings is 2. The maximum Gasteiger partial charge on any atom is 0.240 e. The van der Waals surface area contributed by atoms with E-state index in [1.807, 2.05) is 36.4 Å². The van der Waals surface area contributed by atoms with Crippen molar-refractivity contribution in [1.29, 1.82) is 0 Å². The van der Waals surface area contributed by atoms with Crippen LogP contribution in [0.25, 0.3) is 0 Å². The molecule has 6 nitrogen and oxygen atoms in total. The second kappa shape index (κ2) is 11.2. The Morgan fingerprint density at radius 2 is 1.57 bits per heavy atom. The van der Waals surface area contributed by atoms with E-state index in [2.05, 4.69) is 29.6 Å². The van der Waals surface area contributed by atoms with E-state index in [-0.39, 0.29) is 36.0 Å². The molecule has 2 fully saturated rings. The van der Waals surface area contributed by atoms with E-state index in [0.29, 0.717) is 26.1 Å². The summed E-state index contributed by atoms with van der Waals surface area (Å²) in [5, 5.41) is 3.17. The van der Waals surface area contributed by atoms with Crippen LogP contribution in [0.5, 0.6) is 0 Å². The lowest BCUT2D eigenvalue weighted by Gasteiger charge is -2.38. The fourth-order valence-corrected chi connectivity index (χ4v) is 5.81. The van der Waals surface area contributed by atoms with Gasteiger partial charge >= 0.3 is 0 Å². The van der Waals surface area contributed by atoms with E-state index >= 15 is 0 Å². The number of amides is 3. The number of imide groups is 1. The molecule has 2 aromatic carbocycles. The van der Waals surface area contributed by atoms with Crippen molar-refractivity contribution in [2.75, 3.05) is 26.8 Å². The van der Waals surface area contributed by atoms with Gasteiger partial charge in [0.2, 0.25) is 17.7 Å². The number of hydrogen-bond acceptors (Lipinski definition) is 4. The molecule has 0 spiro atoms. The van der Waals surface area contributed by atoms with Crippen molar-refractivity contribution in [3.8, 4) is 0 Å². The van der Waals surface area contributed by atoms with Gasteiger partial charge in [0.15, 0.2) is 0 Å². The first-order valence-electron chi connectivity index (χ1n) is 12.7. The van der Waals surface area contributed by atoms with Crippen LogP contribution in [0.3, 0.4) is 0 Å². The molecule has 2 aromatic rings. The number of methoxy groups -OCH3 is 1. The summed E-state index contributed by atoms with van der Waals surface area (Å²) in [5.41, 5.74) is 0.728. The maximum absolute atomic E-state index is 13.6. The second-order valence-corrected chi connectivity index (χ2v) is 9.98. The van der Waals surface area contributed by atoms with Crippen LogP contribution in [0, 0.1) is 0 Å². The molecule has 0 radical (unpaired) electrons. The molecule has 0 aromatic heterocycles. The molecule has 6 heteroatoms. The van der Waals surface area contributed by atoms with Gasteiger partial charge in [0.05, 0.1) is 5.41 Å². The van der Waals surface area contributed by atoms with E-state index < -0.39 is 5.41 Å². The van der Waals surface area contributed by atoms with Gasteiger partial charge in [-0.1, -0.05) is 79.9 Å². The van der Waals surface area contributed by atoms with Crippen LogP contribution in [0.4, 0.5) is 0 Å². The molecule has 2 aliphatic rings. The number of carbonyl (C=O) groups excluding carboxylic acids is 3. The lowest BCUT2D eigenvalue weighted by atomic mass is 9.69. The highest BCUT2D eigenvalue weighted by atomic mass is 16.5. The van der Waals surface area contributed by atoms with Crippen LogP contribution >= 0.6 is 0 Å². The molecule has 35 heavy (non-hydrogen) atoms. The van der Waals surface area contributed by atoms with E-state index in [9.17, 15) is 14.4 Å². The molecule has 1 atom stereocenters. The van der Waals surface area contributed by atoms with Crippen LogP contribution in [0.1, 0.15) is 62.5 Å². The average molecular weight is 477 g/mol. The smallest absolute Gasteiger partial charge is 0.240 e. The highest BCUT2D eigenvalue weighted by Crippen LogP contribution is 2.41. The summed E-state index contributed by atoms with van der Waals surface area (Å²) in [4.78, 5) is 41.3. The van der Waals surface area contributed by atoms with Gasteiger partial charge in [-0.15, -0.1) is 0 Å². The van der Waals surface area contributed by atoms with Gasteiger partial charge < -0.3 is 10.1 Å². The largest absolute Gasteiger partial charge is 0.385 e. The summed E-state index contributed by atoms with van der Waals surface area (Å²) >= 11 is 0. The van der Waals surface area contributed by atoms with E-state index in [1.54, 1.807) is 7.11 Å². The van der Waals surface area contributed by atoms with Crippen LogP contribution in [0.2, 0.25) is 0 Å². The molecule has 1 heterocycles. The molecule has 1 saturated carbocycles. The third-order valence-corrected chi connectivity index (χ3v) is 7.75. The normalized spacial score (nSPS) is 21.8. The molecule has 3 amide bonds. The predicted octanol–water partition coefficient (Wildman–Crippen LogP) is 4.13. The van der Waals surface area contributed by atoms with Crippen molar-refractivity contribution in [2.45, 2.75) is 62.2 Å². The fraction of sp³-hybridized carbons (Fsp3) is 0.483. The third-order valence-electron chi connectivity index (χ3n) is 7.75. The summed E-state index contributed by atoms with van der Waals surface area (Å²) in [6, 6.07) is 19.7. The average Bonchev–Trinajstić information content (AvgIpc) is 3.14. The molecule has 1 saturated heterocycles. The van der Waals surface area contributed by atoms with E-state index in [4.69, 9.17) is 4.74 Å². The number of nitrogens with one attached hydrogen (secondary N) is 1. The summed E-state index contributed by atoms with van der Waals surface area (Å²) in [7, 11) is 1.60. The monoisotopic (exact) mass is 476 g/mol. The molecule has 4 rings (SSSR count). The molecule has 1 aliphatic heterocycles. The van der Waals surface area contributed by atoms with Gasteiger partial charge in [0, 0.05) is 45.1 Å². The van der Waals surface area contributed by atoms with E-state index in [1.165, 1.54) is 16.9 Å². The zero-order valence-corrected chi connectivity index (χ0v) is 20.6. The third kappa shape index (κ3) is 5.32. The van der Waals surface area contributed by atoms with Crippen molar-refractivity contribution in [3.05, 3.63) is 71.8 Å². The van der Waals surface area contributed by atoms with Gasteiger partial charge in [-0.3, -0.25) is 19.3 Å². The van der Waals surface area contributed by atoms with Crippen LogP contribution < -0.4 is 5.32 Å². The fourth-order valence-electron chi connectivity index (χ4n) is 5.81. The first-order valence-corrected chi connectivity index (χ1v) is 12.7. The topological polar surface area (TPSA) is 75.7 Å². The molecule has 0 bridgehead atoms. The Bertz CT molecular complexity index is 1020. The number of likely N-dealkylation sites (tertiary alicyclic amines) is 1. The summed E-state index contributed by atoms with van der Waals surface area (Å²) in [5.74, 6) is -0.694. The summed E-state index contributed by atoms with van der Waals surface area (Å²) < 4.78 is 5.10. The molecule has 1 N–H and O–H groups in total. The van der Waals surface area contributed by atoms with Crippen molar-refractivity contribution in [1.82, 2.24) is 10.2 Å². The summed E-state index contributed by atoms with van der Waals surface area (Å²) in [6.45, 7) is 1.32. The Morgan fingerprint density at radius 3 is 2.20 bits per heavy atom. The standard InChI is InChI=1S/C29H36N2O4/c1-35-19-11-18-31-26(33)21-29(27(31)34,24-14-7-3-8-15-24)20-25(32)30-22-28(16-9-4-10-17-28)23-12-5-2-6-13-23/h2-3,5-8,12-15H,4,9-11,16-22H2,1H3,(H,30,32)/t29-/m0/s1. The van der Waals surface area contributed by atoms with Crippen molar-refractivity contribution >= 4 is 17.7 Å². The second-order valence-electron chi connectivity index (χ2n) is 9.98. The van der Waals surface area contributed by atoms with Crippen LogP contribution in [-0.2, 0) is 30.0 Å². The Hall–Kier alpha value is -2.99. The lowest BCUT2D eigenvalue weighted by Crippen LogP contribution is -2.46. The minimum absolute atomic E-state index is 0.0140. The Morgan fingerprint density at radius 1 is 0.943 bits per heavy atom. The van der Waals surface area contributed by atoms with Crippen molar-refractivity contribution < 1.29 is 19.1 Å². The molecular formula is C29H36N2O4. The summed E-state index contributed by atoms with van der Waals surface area (Å²) in [6.07, 6.45) is 6.12. The van der Waals surface area contributed by atoms with Crippen LogP contribution in [-0.4, -0.2) is 49.4 Å². The first-order chi connectivity index (χ1) is 17.0. The number of nitrogens with zero attached hydrogens (tertiary/aromatic N) is 1. The number of hydrogen-bond donors (Lipinski definition) is 1. The predicted molar refractivity (Wildman–Crippen MR) is 135 cm³/mol. The van der Waals surface area contributed by atoms with Crippen molar-refractivity contribution in [2.24, 2.45) is 0 Å². The van der Waals surface area contributed by atoms with Gasteiger partial charge in [-0.2, -0.15) is 0 Å². The molecular weight excluding hydrogens is 440 g/mol. The van der Waals surface area contributed by atoms with Gasteiger partial charge in [0.1, 0.15) is 0 Å². The quantitative estimate of drug-likeness (QED) is 0.413.